The van der Waals surface area contributed by atoms with Gasteiger partial charge in [-0.1, -0.05) is 19.8 Å². The minimum Gasteiger partial charge on any atom is -0.376 e. The number of nitrogens with zero attached hydrogens (tertiary/aromatic N) is 1. The maximum Gasteiger partial charge on any atom is 0.317 e. The van der Waals surface area contributed by atoms with Gasteiger partial charge in [0.05, 0.1) is 18.0 Å². The molecule has 0 spiro atoms. The molecular weight excluding hydrogens is 300 g/mol. The standard InChI is InChI=1S/C16H30N2O3S/c1-12-6-4-5-7-15(12)21-10-8-17-16(19)18-9-11-22(20)14(3)13(18)2/h12-15H,4-11H2,1-3H3,(H,17,19)/t12-,13-,14+,15-,22+/m0/s1. The zero-order chi connectivity index (χ0) is 16.1. The summed E-state index contributed by atoms with van der Waals surface area (Å²) < 4.78 is 17.7. The fourth-order valence-electron chi connectivity index (χ4n) is 3.34. The topological polar surface area (TPSA) is 58.6 Å². The minimum absolute atomic E-state index is 0.0221. The van der Waals surface area contributed by atoms with Crippen LogP contribution in [0.15, 0.2) is 0 Å². The molecule has 1 saturated carbocycles. The summed E-state index contributed by atoms with van der Waals surface area (Å²) in [4.78, 5) is 14.0. The van der Waals surface area contributed by atoms with Crippen molar-refractivity contribution >= 4 is 16.8 Å². The first-order valence-electron chi connectivity index (χ1n) is 8.54. The van der Waals surface area contributed by atoms with Crippen LogP contribution in [0.25, 0.3) is 0 Å². The molecule has 0 aromatic carbocycles. The average Bonchev–Trinajstić information content (AvgIpc) is 2.50. The van der Waals surface area contributed by atoms with Crippen molar-refractivity contribution in [3.05, 3.63) is 0 Å². The molecule has 2 amide bonds. The summed E-state index contributed by atoms with van der Waals surface area (Å²) in [6.07, 6.45) is 5.30. The predicted molar refractivity (Wildman–Crippen MR) is 89.4 cm³/mol. The molecular formula is C16H30N2O3S. The van der Waals surface area contributed by atoms with Crippen LogP contribution < -0.4 is 5.32 Å². The van der Waals surface area contributed by atoms with Crippen LogP contribution in [0.2, 0.25) is 0 Å². The molecule has 0 unspecified atom stereocenters. The SMILES string of the molecule is C[C@@H]1[C@H](C)N(C(=O)NCCO[C@H]2CCCC[C@@H]2C)CC[S@]1=O. The highest BCUT2D eigenvalue weighted by Crippen LogP contribution is 2.26. The Labute approximate surface area is 136 Å². The number of hydrogen-bond acceptors (Lipinski definition) is 3. The van der Waals surface area contributed by atoms with Crippen LogP contribution in [0.4, 0.5) is 4.79 Å². The number of rotatable bonds is 4. The van der Waals surface area contributed by atoms with E-state index in [0.29, 0.717) is 37.5 Å². The van der Waals surface area contributed by atoms with Crippen LogP contribution in [0.3, 0.4) is 0 Å². The van der Waals surface area contributed by atoms with Gasteiger partial charge in [-0.2, -0.15) is 0 Å². The number of carbonyl (C=O) groups excluding carboxylic acids is 1. The molecule has 5 nitrogen and oxygen atoms in total. The van der Waals surface area contributed by atoms with E-state index in [4.69, 9.17) is 4.74 Å². The second-order valence-corrected chi connectivity index (χ2v) is 8.54. The van der Waals surface area contributed by atoms with Crippen molar-refractivity contribution in [2.24, 2.45) is 5.92 Å². The second-order valence-electron chi connectivity index (χ2n) is 6.63. The quantitative estimate of drug-likeness (QED) is 0.804. The Bertz CT molecular complexity index is 405. The van der Waals surface area contributed by atoms with Gasteiger partial charge in [0.25, 0.3) is 0 Å². The number of nitrogens with one attached hydrogen (secondary N) is 1. The summed E-state index contributed by atoms with van der Waals surface area (Å²) in [5, 5.41) is 2.98. The molecule has 22 heavy (non-hydrogen) atoms. The summed E-state index contributed by atoms with van der Waals surface area (Å²) in [6.45, 7) is 7.87. The van der Waals surface area contributed by atoms with Crippen LogP contribution in [0, 0.1) is 5.92 Å². The zero-order valence-electron chi connectivity index (χ0n) is 14.0. The third-order valence-electron chi connectivity index (χ3n) is 5.12. The Morgan fingerprint density at radius 1 is 1.27 bits per heavy atom. The normalized spacial score (nSPS) is 36.1. The highest BCUT2D eigenvalue weighted by atomic mass is 32.2. The third-order valence-corrected chi connectivity index (χ3v) is 6.93. The number of amides is 2. The number of urea groups is 1. The largest absolute Gasteiger partial charge is 0.376 e. The fraction of sp³-hybridized carbons (Fsp3) is 0.938. The molecule has 2 fully saturated rings. The molecule has 128 valence electrons. The minimum atomic E-state index is -0.813. The fourth-order valence-corrected chi connectivity index (χ4v) is 4.67. The van der Waals surface area contributed by atoms with Gasteiger partial charge in [-0.15, -0.1) is 0 Å². The lowest BCUT2D eigenvalue weighted by Crippen LogP contribution is -2.55. The highest BCUT2D eigenvalue weighted by molar-refractivity contribution is 7.85. The summed E-state index contributed by atoms with van der Waals surface area (Å²) in [5.74, 6) is 1.21. The monoisotopic (exact) mass is 330 g/mol. The van der Waals surface area contributed by atoms with Gasteiger partial charge in [0.2, 0.25) is 0 Å². The van der Waals surface area contributed by atoms with Gasteiger partial charge < -0.3 is 15.0 Å². The van der Waals surface area contributed by atoms with Crippen LogP contribution in [-0.4, -0.2) is 58.0 Å². The maximum absolute atomic E-state index is 12.2. The molecule has 2 rings (SSSR count). The molecule has 1 aliphatic carbocycles. The van der Waals surface area contributed by atoms with Crippen molar-refractivity contribution in [2.75, 3.05) is 25.4 Å². The summed E-state index contributed by atoms with van der Waals surface area (Å²) in [5.41, 5.74) is 0. The van der Waals surface area contributed by atoms with E-state index < -0.39 is 10.8 Å². The van der Waals surface area contributed by atoms with Crippen molar-refractivity contribution in [3.8, 4) is 0 Å². The van der Waals surface area contributed by atoms with Gasteiger partial charge in [0.1, 0.15) is 0 Å². The molecule has 1 saturated heterocycles. The molecule has 1 N–H and O–H groups in total. The van der Waals surface area contributed by atoms with Crippen molar-refractivity contribution < 1.29 is 13.7 Å². The van der Waals surface area contributed by atoms with E-state index in [1.165, 1.54) is 19.3 Å². The Balaban J connectivity index is 1.68. The molecule has 0 aromatic heterocycles. The molecule has 5 atom stereocenters. The summed E-state index contributed by atoms with van der Waals surface area (Å²) in [6, 6.07) is -0.0368. The van der Waals surface area contributed by atoms with Crippen molar-refractivity contribution in [1.82, 2.24) is 10.2 Å². The molecule has 0 aromatic rings. The molecule has 0 radical (unpaired) electrons. The lowest BCUT2D eigenvalue weighted by atomic mass is 9.88. The van der Waals surface area contributed by atoms with Crippen molar-refractivity contribution in [3.63, 3.8) is 0 Å². The molecule has 0 bridgehead atoms. The number of hydrogen-bond donors (Lipinski definition) is 1. The lowest BCUT2D eigenvalue weighted by molar-refractivity contribution is -0.00280. The summed E-state index contributed by atoms with van der Waals surface area (Å²) >= 11 is 0. The first kappa shape index (κ1) is 17.7. The van der Waals surface area contributed by atoms with Gasteiger partial charge in [-0.25, -0.2) is 4.79 Å². The smallest absolute Gasteiger partial charge is 0.317 e. The van der Waals surface area contributed by atoms with Gasteiger partial charge >= 0.3 is 6.03 Å². The Kier molecular flexibility index (Phi) is 6.68. The first-order valence-corrected chi connectivity index (χ1v) is 9.92. The Morgan fingerprint density at radius 2 is 2.00 bits per heavy atom. The van der Waals surface area contributed by atoms with Crippen molar-refractivity contribution in [2.45, 2.75) is 63.9 Å². The van der Waals surface area contributed by atoms with E-state index in [9.17, 15) is 9.00 Å². The average molecular weight is 330 g/mol. The van der Waals surface area contributed by atoms with Gasteiger partial charge in [-0.3, -0.25) is 4.21 Å². The number of ether oxygens (including phenoxy) is 1. The van der Waals surface area contributed by atoms with E-state index in [1.54, 1.807) is 4.90 Å². The Hall–Kier alpha value is -0.620. The zero-order valence-corrected chi connectivity index (χ0v) is 14.9. The van der Waals surface area contributed by atoms with Crippen LogP contribution in [0.1, 0.15) is 46.5 Å². The van der Waals surface area contributed by atoms with E-state index in [2.05, 4.69) is 12.2 Å². The maximum atomic E-state index is 12.2. The molecule has 1 aliphatic heterocycles. The van der Waals surface area contributed by atoms with E-state index in [-0.39, 0.29) is 17.3 Å². The number of carbonyl (C=O) groups is 1. The van der Waals surface area contributed by atoms with Gasteiger partial charge in [0, 0.05) is 35.7 Å². The predicted octanol–water partition coefficient (Wildman–Crippen LogP) is 2.13. The van der Waals surface area contributed by atoms with E-state index in [0.717, 1.165) is 6.42 Å². The summed E-state index contributed by atoms with van der Waals surface area (Å²) in [7, 11) is -0.813. The Morgan fingerprint density at radius 3 is 2.73 bits per heavy atom. The van der Waals surface area contributed by atoms with E-state index in [1.807, 2.05) is 13.8 Å². The molecule has 2 aliphatic rings. The molecule has 6 heteroatoms. The third kappa shape index (κ3) is 4.44. The van der Waals surface area contributed by atoms with Gasteiger partial charge in [0.15, 0.2) is 0 Å². The van der Waals surface area contributed by atoms with Crippen LogP contribution in [-0.2, 0) is 15.5 Å². The lowest BCUT2D eigenvalue weighted by Gasteiger charge is -2.37. The first-order chi connectivity index (χ1) is 10.5. The van der Waals surface area contributed by atoms with E-state index >= 15 is 0 Å². The highest BCUT2D eigenvalue weighted by Gasteiger charge is 2.32. The van der Waals surface area contributed by atoms with Gasteiger partial charge in [-0.05, 0) is 32.6 Å². The second kappa shape index (κ2) is 8.29. The van der Waals surface area contributed by atoms with Crippen LogP contribution in [0.5, 0.6) is 0 Å². The van der Waals surface area contributed by atoms with Crippen molar-refractivity contribution in [1.29, 1.82) is 0 Å². The van der Waals surface area contributed by atoms with Crippen LogP contribution >= 0.6 is 0 Å². The molecule has 1 heterocycles.